The van der Waals surface area contributed by atoms with Crippen LogP contribution in [-0.2, 0) is 13.0 Å². The maximum Gasteiger partial charge on any atom is 0.252 e. The third-order valence-electron chi connectivity index (χ3n) is 4.16. The zero-order valence-corrected chi connectivity index (χ0v) is 15.1. The van der Waals surface area contributed by atoms with E-state index < -0.39 is 0 Å². The second-order valence-electron chi connectivity index (χ2n) is 6.01. The highest BCUT2D eigenvalue weighted by Gasteiger charge is 2.11. The SMILES string of the molecule is CCCn1c(CCCNC(=O)c2ccccc2Cl)nc2ccccc21. The van der Waals surface area contributed by atoms with Crippen LogP contribution in [0.2, 0.25) is 5.02 Å². The van der Waals surface area contributed by atoms with Crippen molar-refractivity contribution >= 4 is 28.5 Å². The number of hydrogen-bond acceptors (Lipinski definition) is 2. The highest BCUT2D eigenvalue weighted by Crippen LogP contribution is 2.18. The van der Waals surface area contributed by atoms with E-state index in [0.29, 0.717) is 17.1 Å². The number of benzene rings is 2. The van der Waals surface area contributed by atoms with E-state index in [2.05, 4.69) is 22.9 Å². The van der Waals surface area contributed by atoms with Crippen LogP contribution in [0.15, 0.2) is 48.5 Å². The molecule has 3 rings (SSSR count). The molecular formula is C20H22ClN3O. The molecule has 0 spiro atoms. The number of fused-ring (bicyclic) bond motifs is 1. The smallest absolute Gasteiger partial charge is 0.252 e. The Morgan fingerprint density at radius 1 is 1.16 bits per heavy atom. The zero-order valence-electron chi connectivity index (χ0n) is 14.3. The van der Waals surface area contributed by atoms with Crippen molar-refractivity contribution in [1.29, 1.82) is 0 Å². The summed E-state index contributed by atoms with van der Waals surface area (Å²) >= 11 is 6.05. The lowest BCUT2D eigenvalue weighted by molar-refractivity contribution is 0.0953. The van der Waals surface area contributed by atoms with Gasteiger partial charge in [0.25, 0.3) is 5.91 Å². The Kier molecular flexibility index (Phi) is 5.71. The van der Waals surface area contributed by atoms with E-state index in [4.69, 9.17) is 16.6 Å². The number of amides is 1. The fourth-order valence-electron chi connectivity index (χ4n) is 2.98. The van der Waals surface area contributed by atoms with E-state index >= 15 is 0 Å². The third-order valence-corrected chi connectivity index (χ3v) is 4.49. The lowest BCUT2D eigenvalue weighted by Gasteiger charge is -2.09. The van der Waals surface area contributed by atoms with Crippen molar-refractivity contribution in [1.82, 2.24) is 14.9 Å². The molecule has 0 radical (unpaired) electrons. The topological polar surface area (TPSA) is 46.9 Å². The van der Waals surface area contributed by atoms with Crippen LogP contribution in [-0.4, -0.2) is 22.0 Å². The molecule has 1 N–H and O–H groups in total. The van der Waals surface area contributed by atoms with Gasteiger partial charge in [0.05, 0.1) is 21.6 Å². The van der Waals surface area contributed by atoms with E-state index in [1.165, 1.54) is 5.52 Å². The molecule has 0 atom stereocenters. The van der Waals surface area contributed by atoms with Crippen LogP contribution in [0.3, 0.4) is 0 Å². The Hall–Kier alpha value is -2.33. The molecule has 25 heavy (non-hydrogen) atoms. The minimum atomic E-state index is -0.132. The molecule has 0 unspecified atom stereocenters. The summed E-state index contributed by atoms with van der Waals surface area (Å²) in [5, 5.41) is 3.41. The average molecular weight is 356 g/mol. The van der Waals surface area contributed by atoms with Gasteiger partial charge in [-0.3, -0.25) is 4.79 Å². The first kappa shape index (κ1) is 17.5. The molecule has 0 saturated carbocycles. The molecular weight excluding hydrogens is 334 g/mol. The molecule has 0 fully saturated rings. The van der Waals surface area contributed by atoms with Crippen molar-refractivity contribution in [2.24, 2.45) is 0 Å². The summed E-state index contributed by atoms with van der Waals surface area (Å²) in [6.07, 6.45) is 2.73. The number of para-hydroxylation sites is 2. The molecule has 5 heteroatoms. The van der Waals surface area contributed by atoms with Gasteiger partial charge < -0.3 is 9.88 Å². The molecule has 2 aromatic carbocycles. The lowest BCUT2D eigenvalue weighted by Crippen LogP contribution is -2.25. The Labute approximate surface area is 152 Å². The molecule has 0 aliphatic carbocycles. The predicted molar refractivity (Wildman–Crippen MR) is 102 cm³/mol. The van der Waals surface area contributed by atoms with Crippen molar-refractivity contribution in [2.75, 3.05) is 6.54 Å². The number of halogens is 1. The number of aryl methyl sites for hydroxylation is 2. The molecule has 1 amide bonds. The van der Waals surface area contributed by atoms with E-state index in [0.717, 1.165) is 37.1 Å². The summed E-state index contributed by atoms with van der Waals surface area (Å²) in [6, 6.07) is 15.3. The van der Waals surface area contributed by atoms with Crippen molar-refractivity contribution in [2.45, 2.75) is 32.7 Å². The number of carbonyl (C=O) groups is 1. The summed E-state index contributed by atoms with van der Waals surface area (Å²) < 4.78 is 2.28. The number of hydrogen-bond donors (Lipinski definition) is 1. The van der Waals surface area contributed by atoms with Crippen molar-refractivity contribution in [3.05, 3.63) is 64.9 Å². The molecule has 1 aromatic heterocycles. The van der Waals surface area contributed by atoms with E-state index in [-0.39, 0.29) is 5.91 Å². The maximum absolute atomic E-state index is 12.2. The van der Waals surface area contributed by atoms with Crippen LogP contribution >= 0.6 is 11.6 Å². The number of rotatable bonds is 7. The van der Waals surface area contributed by atoms with Crippen LogP contribution in [0.25, 0.3) is 11.0 Å². The average Bonchev–Trinajstić information content (AvgIpc) is 2.97. The molecule has 4 nitrogen and oxygen atoms in total. The quantitative estimate of drug-likeness (QED) is 0.636. The number of nitrogens with one attached hydrogen (secondary N) is 1. The van der Waals surface area contributed by atoms with Crippen LogP contribution < -0.4 is 5.32 Å². The Bertz CT molecular complexity index is 872. The van der Waals surface area contributed by atoms with Gasteiger partial charge in [-0.1, -0.05) is 42.8 Å². The summed E-state index contributed by atoms with van der Waals surface area (Å²) in [5.74, 6) is 0.947. The number of nitrogens with zero attached hydrogens (tertiary/aromatic N) is 2. The predicted octanol–water partition coefficient (Wildman–Crippen LogP) is 4.46. The summed E-state index contributed by atoms with van der Waals surface area (Å²) in [4.78, 5) is 16.9. The summed E-state index contributed by atoms with van der Waals surface area (Å²) in [6.45, 7) is 3.73. The largest absolute Gasteiger partial charge is 0.352 e. The van der Waals surface area contributed by atoms with Crippen LogP contribution in [0.5, 0.6) is 0 Å². The summed E-state index contributed by atoms with van der Waals surface area (Å²) in [7, 11) is 0. The lowest BCUT2D eigenvalue weighted by atomic mass is 10.2. The number of carbonyl (C=O) groups excluding carboxylic acids is 1. The highest BCUT2D eigenvalue weighted by atomic mass is 35.5. The number of aromatic nitrogens is 2. The van der Waals surface area contributed by atoms with Crippen molar-refractivity contribution in [3.63, 3.8) is 0 Å². The van der Waals surface area contributed by atoms with Crippen LogP contribution in [0, 0.1) is 0 Å². The van der Waals surface area contributed by atoms with Gasteiger partial charge in [0.2, 0.25) is 0 Å². The first-order chi connectivity index (χ1) is 12.2. The van der Waals surface area contributed by atoms with E-state index in [9.17, 15) is 4.79 Å². The molecule has 0 bridgehead atoms. The zero-order chi connectivity index (χ0) is 17.6. The molecule has 130 valence electrons. The van der Waals surface area contributed by atoms with Gasteiger partial charge in [0.1, 0.15) is 5.82 Å². The molecule has 1 heterocycles. The van der Waals surface area contributed by atoms with Gasteiger partial charge in [-0.2, -0.15) is 0 Å². The monoisotopic (exact) mass is 355 g/mol. The fraction of sp³-hybridized carbons (Fsp3) is 0.300. The minimum absolute atomic E-state index is 0.132. The van der Waals surface area contributed by atoms with Crippen LogP contribution in [0.4, 0.5) is 0 Å². The second-order valence-corrected chi connectivity index (χ2v) is 6.41. The van der Waals surface area contributed by atoms with Crippen molar-refractivity contribution < 1.29 is 4.79 Å². The Morgan fingerprint density at radius 3 is 2.72 bits per heavy atom. The molecule has 0 aliphatic rings. The van der Waals surface area contributed by atoms with E-state index in [1.54, 1.807) is 12.1 Å². The first-order valence-electron chi connectivity index (χ1n) is 8.67. The third kappa shape index (κ3) is 4.02. The van der Waals surface area contributed by atoms with Gasteiger partial charge in [-0.05, 0) is 37.1 Å². The first-order valence-corrected chi connectivity index (χ1v) is 9.05. The van der Waals surface area contributed by atoms with Gasteiger partial charge >= 0.3 is 0 Å². The molecule has 0 aliphatic heterocycles. The molecule has 3 aromatic rings. The van der Waals surface area contributed by atoms with Gasteiger partial charge in [0.15, 0.2) is 0 Å². The van der Waals surface area contributed by atoms with E-state index in [1.807, 2.05) is 30.3 Å². The molecule has 0 saturated heterocycles. The minimum Gasteiger partial charge on any atom is -0.352 e. The van der Waals surface area contributed by atoms with Crippen molar-refractivity contribution in [3.8, 4) is 0 Å². The Morgan fingerprint density at radius 2 is 1.92 bits per heavy atom. The highest BCUT2D eigenvalue weighted by molar-refractivity contribution is 6.33. The van der Waals surface area contributed by atoms with Crippen LogP contribution in [0.1, 0.15) is 35.9 Å². The fourth-order valence-corrected chi connectivity index (χ4v) is 3.20. The van der Waals surface area contributed by atoms with Gasteiger partial charge in [-0.15, -0.1) is 0 Å². The number of imidazole rings is 1. The Balaban J connectivity index is 1.61. The summed E-state index contributed by atoms with van der Waals surface area (Å²) in [5.41, 5.74) is 2.73. The standard InChI is InChI=1S/C20H22ClN3O/c1-2-14-24-18-11-6-5-10-17(18)23-19(24)12-7-13-22-20(25)15-8-3-4-9-16(15)21/h3-6,8-11H,2,7,12-14H2,1H3,(H,22,25). The van der Waals surface area contributed by atoms with Gasteiger partial charge in [-0.25, -0.2) is 4.98 Å². The second kappa shape index (κ2) is 8.17. The normalized spacial score (nSPS) is 11.0. The van der Waals surface area contributed by atoms with Gasteiger partial charge in [0, 0.05) is 19.5 Å². The maximum atomic E-state index is 12.2.